The summed E-state index contributed by atoms with van der Waals surface area (Å²) in [5.41, 5.74) is 9.16. The summed E-state index contributed by atoms with van der Waals surface area (Å²) < 4.78 is 6.18. The minimum absolute atomic E-state index is 0.611. The summed E-state index contributed by atoms with van der Waals surface area (Å²) in [6, 6.07) is 56.5. The summed E-state index contributed by atoms with van der Waals surface area (Å²) >= 11 is 0. The molecule has 0 spiro atoms. The Balaban J connectivity index is 1.12. The Morgan fingerprint density at radius 3 is 1.51 bits per heavy atom. The van der Waals surface area contributed by atoms with Crippen molar-refractivity contribution in [2.75, 3.05) is 0 Å². The fraction of sp³-hybridized carbons (Fsp3) is 0. The lowest BCUT2D eigenvalue weighted by Crippen LogP contribution is -2.00. The maximum atomic E-state index is 6.18. The molecule has 9 aromatic rings. The quantitative estimate of drug-likeness (QED) is 0.197. The van der Waals surface area contributed by atoms with E-state index in [4.69, 9.17) is 19.4 Å². The Kier molecular flexibility index (Phi) is 6.43. The molecule has 0 N–H and O–H groups in total. The molecule has 0 aliphatic heterocycles. The minimum atomic E-state index is 0.611. The summed E-state index contributed by atoms with van der Waals surface area (Å²) in [6.07, 6.45) is 0. The Bertz CT molecular complexity index is 2550. The van der Waals surface area contributed by atoms with Crippen molar-refractivity contribution in [1.29, 1.82) is 0 Å². The number of rotatable bonds is 5. The Hall–Kier alpha value is -6.39. The van der Waals surface area contributed by atoms with Gasteiger partial charge in [0.25, 0.3) is 0 Å². The lowest BCUT2D eigenvalue weighted by molar-refractivity contribution is 0.669. The molecule has 0 saturated heterocycles. The third kappa shape index (κ3) is 4.93. The van der Waals surface area contributed by atoms with Gasteiger partial charge in [-0.25, -0.2) is 15.0 Å². The van der Waals surface area contributed by atoms with Crippen LogP contribution in [0.15, 0.2) is 168 Å². The minimum Gasteiger partial charge on any atom is -0.456 e. The highest BCUT2D eigenvalue weighted by molar-refractivity contribution is 6.11. The molecule has 0 unspecified atom stereocenters. The highest BCUT2D eigenvalue weighted by Crippen LogP contribution is 2.37. The summed E-state index contributed by atoms with van der Waals surface area (Å²) in [5.74, 6) is 1.86. The van der Waals surface area contributed by atoms with Gasteiger partial charge in [0.2, 0.25) is 0 Å². The lowest BCUT2D eigenvalue weighted by atomic mass is 9.97. The molecule has 9 rings (SSSR count). The van der Waals surface area contributed by atoms with Crippen LogP contribution < -0.4 is 0 Å². The molecule has 0 amide bonds. The van der Waals surface area contributed by atoms with Crippen LogP contribution in [0.25, 0.3) is 89.1 Å². The van der Waals surface area contributed by atoms with Crippen molar-refractivity contribution >= 4 is 32.7 Å². The second-order valence-electron chi connectivity index (χ2n) is 11.7. The Morgan fingerprint density at radius 2 is 0.830 bits per heavy atom. The Labute approximate surface area is 271 Å². The number of furan rings is 1. The molecule has 220 valence electrons. The van der Waals surface area contributed by atoms with E-state index in [-0.39, 0.29) is 0 Å². The molecule has 0 aliphatic carbocycles. The van der Waals surface area contributed by atoms with Crippen LogP contribution in [-0.4, -0.2) is 15.0 Å². The van der Waals surface area contributed by atoms with Gasteiger partial charge < -0.3 is 4.42 Å². The maximum absolute atomic E-state index is 6.18. The van der Waals surface area contributed by atoms with Crippen molar-refractivity contribution in [1.82, 2.24) is 15.0 Å². The van der Waals surface area contributed by atoms with Gasteiger partial charge >= 0.3 is 0 Å². The molecule has 0 radical (unpaired) electrons. The summed E-state index contributed by atoms with van der Waals surface area (Å²) in [7, 11) is 0. The van der Waals surface area contributed by atoms with Gasteiger partial charge in [-0.15, -0.1) is 0 Å². The highest BCUT2D eigenvalue weighted by atomic mass is 16.3. The molecule has 7 aromatic carbocycles. The predicted molar refractivity (Wildman–Crippen MR) is 192 cm³/mol. The molecule has 0 aliphatic rings. The molecule has 0 fully saturated rings. The summed E-state index contributed by atoms with van der Waals surface area (Å²) in [4.78, 5) is 15.0. The summed E-state index contributed by atoms with van der Waals surface area (Å²) in [6.45, 7) is 0. The number of nitrogens with zero attached hydrogens (tertiary/aromatic N) is 3. The number of aromatic nitrogens is 3. The SMILES string of the molecule is c1ccc(-c2ccc3cc(-c4ccc(-c5nc(-c6ccccc6)nc(-c6cccc7oc8ccccc8c67)n5)cc4)ccc3c2)cc1. The summed E-state index contributed by atoms with van der Waals surface area (Å²) in [5, 5.41) is 4.47. The second kappa shape index (κ2) is 11.2. The van der Waals surface area contributed by atoms with Gasteiger partial charge in [-0.2, -0.15) is 0 Å². The zero-order valence-corrected chi connectivity index (χ0v) is 25.3. The first-order valence-electron chi connectivity index (χ1n) is 15.7. The van der Waals surface area contributed by atoms with E-state index in [0.717, 1.165) is 49.8 Å². The van der Waals surface area contributed by atoms with E-state index < -0.39 is 0 Å². The molecule has 2 heterocycles. The van der Waals surface area contributed by atoms with Crippen LogP contribution in [0, 0.1) is 0 Å². The standard InChI is InChI=1S/C43H27N3O/c1-3-10-28(11-4-1)32-22-24-35-27-33(23-25-34(35)26-32)29-18-20-31(21-19-29)42-44-41(30-12-5-2-6-13-30)45-43(46-42)37-15-9-17-39-40(37)36-14-7-8-16-38(36)47-39/h1-27H. The number of para-hydroxylation sites is 1. The normalized spacial score (nSPS) is 11.4. The first kappa shape index (κ1) is 27.0. The fourth-order valence-electron chi connectivity index (χ4n) is 6.35. The zero-order chi connectivity index (χ0) is 31.2. The van der Waals surface area contributed by atoms with Crippen LogP contribution in [0.4, 0.5) is 0 Å². The van der Waals surface area contributed by atoms with E-state index in [9.17, 15) is 0 Å². The molecular formula is C43H27N3O. The molecule has 0 bridgehead atoms. The van der Waals surface area contributed by atoms with Gasteiger partial charge in [-0.3, -0.25) is 0 Å². The van der Waals surface area contributed by atoms with Crippen molar-refractivity contribution in [2.45, 2.75) is 0 Å². The van der Waals surface area contributed by atoms with Crippen LogP contribution in [0.5, 0.6) is 0 Å². The van der Waals surface area contributed by atoms with Crippen LogP contribution in [0.1, 0.15) is 0 Å². The third-order valence-corrected chi connectivity index (χ3v) is 8.73. The fourth-order valence-corrected chi connectivity index (χ4v) is 6.35. The van der Waals surface area contributed by atoms with Gasteiger partial charge in [0.05, 0.1) is 0 Å². The second-order valence-corrected chi connectivity index (χ2v) is 11.7. The van der Waals surface area contributed by atoms with Crippen LogP contribution in [0.2, 0.25) is 0 Å². The van der Waals surface area contributed by atoms with Crippen LogP contribution >= 0.6 is 0 Å². The largest absolute Gasteiger partial charge is 0.456 e. The van der Waals surface area contributed by atoms with Gasteiger partial charge in [-0.05, 0) is 57.3 Å². The average molecular weight is 602 g/mol. The third-order valence-electron chi connectivity index (χ3n) is 8.73. The monoisotopic (exact) mass is 601 g/mol. The van der Waals surface area contributed by atoms with Crippen molar-refractivity contribution in [3.8, 4) is 56.4 Å². The van der Waals surface area contributed by atoms with E-state index in [1.807, 2.05) is 66.7 Å². The van der Waals surface area contributed by atoms with E-state index in [1.54, 1.807) is 0 Å². The number of hydrogen-bond donors (Lipinski definition) is 0. The topological polar surface area (TPSA) is 51.8 Å². The maximum Gasteiger partial charge on any atom is 0.164 e. The highest BCUT2D eigenvalue weighted by Gasteiger charge is 2.17. The predicted octanol–water partition coefficient (Wildman–Crippen LogP) is 11.3. The van der Waals surface area contributed by atoms with Crippen molar-refractivity contribution in [3.63, 3.8) is 0 Å². The average Bonchev–Trinajstić information content (AvgIpc) is 3.54. The molecule has 2 aromatic heterocycles. The van der Waals surface area contributed by atoms with Crippen molar-refractivity contribution in [3.05, 3.63) is 164 Å². The van der Waals surface area contributed by atoms with E-state index in [2.05, 4.69) is 97.1 Å². The lowest BCUT2D eigenvalue weighted by Gasteiger charge is -2.10. The molecule has 4 nitrogen and oxygen atoms in total. The van der Waals surface area contributed by atoms with Crippen LogP contribution in [-0.2, 0) is 0 Å². The van der Waals surface area contributed by atoms with E-state index in [1.165, 1.54) is 21.9 Å². The molecular weight excluding hydrogens is 574 g/mol. The Morgan fingerprint density at radius 1 is 0.340 bits per heavy atom. The van der Waals surface area contributed by atoms with Crippen molar-refractivity contribution in [2.24, 2.45) is 0 Å². The number of fused-ring (bicyclic) bond motifs is 4. The van der Waals surface area contributed by atoms with Gasteiger partial charge in [-0.1, -0.05) is 140 Å². The molecule has 0 saturated carbocycles. The van der Waals surface area contributed by atoms with Gasteiger partial charge in [0.1, 0.15) is 11.2 Å². The molecule has 4 heteroatoms. The number of hydrogen-bond acceptors (Lipinski definition) is 4. The van der Waals surface area contributed by atoms with Crippen molar-refractivity contribution < 1.29 is 4.42 Å². The smallest absolute Gasteiger partial charge is 0.164 e. The first-order chi connectivity index (χ1) is 23.3. The van der Waals surface area contributed by atoms with E-state index in [0.29, 0.717) is 17.5 Å². The van der Waals surface area contributed by atoms with E-state index >= 15 is 0 Å². The van der Waals surface area contributed by atoms with Crippen LogP contribution in [0.3, 0.4) is 0 Å². The first-order valence-corrected chi connectivity index (χ1v) is 15.7. The number of benzene rings is 7. The van der Waals surface area contributed by atoms with Gasteiger partial charge in [0, 0.05) is 27.5 Å². The molecule has 47 heavy (non-hydrogen) atoms. The zero-order valence-electron chi connectivity index (χ0n) is 25.3. The van der Waals surface area contributed by atoms with Gasteiger partial charge in [0.15, 0.2) is 17.5 Å². The molecule has 0 atom stereocenters.